The molecule has 29 heavy (non-hydrogen) atoms. The molecule has 0 aliphatic carbocycles. The van der Waals surface area contributed by atoms with E-state index in [-0.39, 0.29) is 47.1 Å². The van der Waals surface area contributed by atoms with Crippen molar-refractivity contribution >= 4 is 17.5 Å². The standard InChI is InChI=1S/C21H21ClF2N2O3/c22-16-8-15(18(27)9-19(16)28)20(29)26-7-1-2-17(26)14-5-3-13(4-6-14)10-25-11-21(23,24)12-25/h3-6,8-9,17,27-28H,1-2,7,10-12H2/t17-/m1/s1. The monoisotopic (exact) mass is 422 g/mol. The summed E-state index contributed by atoms with van der Waals surface area (Å²) in [6.07, 6.45) is 1.61. The molecule has 1 amide bonds. The highest BCUT2D eigenvalue weighted by Gasteiger charge is 2.43. The van der Waals surface area contributed by atoms with Crippen LogP contribution in [-0.4, -0.2) is 51.5 Å². The van der Waals surface area contributed by atoms with Crippen LogP contribution in [0.5, 0.6) is 11.5 Å². The molecule has 0 radical (unpaired) electrons. The van der Waals surface area contributed by atoms with E-state index < -0.39 is 5.92 Å². The highest BCUT2D eigenvalue weighted by atomic mass is 35.5. The number of phenols is 2. The van der Waals surface area contributed by atoms with Gasteiger partial charge in [-0.05, 0) is 30.0 Å². The Labute approximate surface area is 172 Å². The fourth-order valence-electron chi connectivity index (χ4n) is 4.06. The third kappa shape index (κ3) is 4.02. The van der Waals surface area contributed by atoms with E-state index in [1.165, 1.54) is 6.07 Å². The highest BCUT2D eigenvalue weighted by molar-refractivity contribution is 6.32. The van der Waals surface area contributed by atoms with Crippen LogP contribution in [-0.2, 0) is 6.54 Å². The number of phenolic OH excluding ortho intramolecular Hbond substituents is 2. The van der Waals surface area contributed by atoms with Crippen LogP contribution in [0.2, 0.25) is 5.02 Å². The second-order valence-corrected chi connectivity index (χ2v) is 8.13. The normalized spacial score (nSPS) is 21.2. The Balaban J connectivity index is 1.48. The van der Waals surface area contributed by atoms with E-state index in [9.17, 15) is 23.8 Å². The molecule has 2 aromatic carbocycles. The number of benzene rings is 2. The average Bonchev–Trinajstić information content (AvgIpc) is 3.13. The van der Waals surface area contributed by atoms with Crippen molar-refractivity contribution in [2.75, 3.05) is 19.6 Å². The second kappa shape index (κ2) is 7.46. The molecule has 2 aliphatic heterocycles. The number of nitrogens with zero attached hydrogens (tertiary/aromatic N) is 2. The number of likely N-dealkylation sites (tertiary alicyclic amines) is 2. The first-order valence-corrected chi connectivity index (χ1v) is 9.83. The van der Waals surface area contributed by atoms with Gasteiger partial charge in [0.1, 0.15) is 11.5 Å². The minimum atomic E-state index is -2.58. The van der Waals surface area contributed by atoms with Gasteiger partial charge in [-0.3, -0.25) is 9.69 Å². The third-order valence-corrected chi connectivity index (χ3v) is 5.79. The predicted molar refractivity (Wildman–Crippen MR) is 104 cm³/mol. The molecule has 2 fully saturated rings. The van der Waals surface area contributed by atoms with Crippen molar-refractivity contribution in [3.8, 4) is 11.5 Å². The number of carbonyl (C=O) groups is 1. The zero-order chi connectivity index (χ0) is 20.8. The average molecular weight is 423 g/mol. The summed E-state index contributed by atoms with van der Waals surface area (Å²) in [4.78, 5) is 16.4. The summed E-state index contributed by atoms with van der Waals surface area (Å²) in [5.74, 6) is -3.52. The summed E-state index contributed by atoms with van der Waals surface area (Å²) in [7, 11) is 0. The van der Waals surface area contributed by atoms with Crippen LogP contribution in [0.3, 0.4) is 0 Å². The van der Waals surface area contributed by atoms with Gasteiger partial charge in [0.25, 0.3) is 11.8 Å². The lowest BCUT2D eigenvalue weighted by atomic mass is 10.0. The minimum Gasteiger partial charge on any atom is -0.507 e. The maximum atomic E-state index is 13.0. The maximum absolute atomic E-state index is 13.0. The number of halogens is 3. The highest BCUT2D eigenvalue weighted by Crippen LogP contribution is 2.37. The van der Waals surface area contributed by atoms with Crippen molar-refractivity contribution < 1.29 is 23.8 Å². The van der Waals surface area contributed by atoms with Crippen molar-refractivity contribution in [1.82, 2.24) is 9.80 Å². The molecule has 2 aromatic rings. The molecule has 2 heterocycles. The van der Waals surface area contributed by atoms with Gasteiger partial charge in [-0.25, -0.2) is 8.78 Å². The summed E-state index contributed by atoms with van der Waals surface area (Å²) < 4.78 is 25.9. The lowest BCUT2D eigenvalue weighted by Gasteiger charge is -2.38. The van der Waals surface area contributed by atoms with Crippen LogP contribution < -0.4 is 0 Å². The molecular formula is C21H21ClF2N2O3. The van der Waals surface area contributed by atoms with Crippen molar-refractivity contribution in [2.24, 2.45) is 0 Å². The third-order valence-electron chi connectivity index (χ3n) is 5.49. The largest absolute Gasteiger partial charge is 0.507 e. The molecular weight excluding hydrogens is 402 g/mol. The summed E-state index contributed by atoms with van der Waals surface area (Å²) >= 11 is 5.90. The molecule has 154 valence electrons. The Morgan fingerprint density at radius 1 is 1.14 bits per heavy atom. The number of aromatic hydroxyl groups is 2. The lowest BCUT2D eigenvalue weighted by Crippen LogP contribution is -2.55. The molecule has 2 aliphatic rings. The van der Waals surface area contributed by atoms with Crippen molar-refractivity contribution in [2.45, 2.75) is 31.4 Å². The summed E-state index contributed by atoms with van der Waals surface area (Å²) in [6.45, 7) is 0.603. The molecule has 2 N–H and O–H groups in total. The number of amides is 1. The van der Waals surface area contributed by atoms with Gasteiger partial charge < -0.3 is 15.1 Å². The molecule has 0 unspecified atom stereocenters. The van der Waals surface area contributed by atoms with Crippen LogP contribution in [0.1, 0.15) is 40.4 Å². The van der Waals surface area contributed by atoms with Crippen LogP contribution in [0.15, 0.2) is 36.4 Å². The van der Waals surface area contributed by atoms with Crippen LogP contribution >= 0.6 is 11.6 Å². The molecule has 2 saturated heterocycles. The van der Waals surface area contributed by atoms with Gasteiger partial charge in [-0.2, -0.15) is 0 Å². The summed E-state index contributed by atoms with van der Waals surface area (Å²) in [5.41, 5.74) is 1.95. The first-order valence-electron chi connectivity index (χ1n) is 9.45. The Morgan fingerprint density at radius 2 is 1.83 bits per heavy atom. The van der Waals surface area contributed by atoms with Gasteiger partial charge in [-0.15, -0.1) is 0 Å². The summed E-state index contributed by atoms with van der Waals surface area (Å²) in [5, 5.41) is 19.6. The van der Waals surface area contributed by atoms with Crippen LogP contribution in [0.25, 0.3) is 0 Å². The fraction of sp³-hybridized carbons (Fsp3) is 0.381. The first-order chi connectivity index (χ1) is 13.7. The Hall–Kier alpha value is -2.38. The number of hydrogen-bond donors (Lipinski definition) is 2. The van der Waals surface area contributed by atoms with E-state index in [0.717, 1.165) is 30.0 Å². The fourth-order valence-corrected chi connectivity index (χ4v) is 4.22. The SMILES string of the molecule is O=C(c1cc(Cl)c(O)cc1O)N1CCC[C@@H]1c1ccc(CN2CC(F)(F)C2)cc1. The van der Waals surface area contributed by atoms with Crippen molar-refractivity contribution in [1.29, 1.82) is 0 Å². The smallest absolute Gasteiger partial charge is 0.272 e. The Morgan fingerprint density at radius 3 is 2.48 bits per heavy atom. The number of hydrogen-bond acceptors (Lipinski definition) is 4. The topological polar surface area (TPSA) is 64.0 Å². The number of carbonyl (C=O) groups excluding carboxylic acids is 1. The quantitative estimate of drug-likeness (QED) is 0.775. The van der Waals surface area contributed by atoms with E-state index in [0.29, 0.717) is 13.1 Å². The van der Waals surface area contributed by atoms with Crippen molar-refractivity contribution in [3.63, 3.8) is 0 Å². The molecule has 0 spiro atoms. The van der Waals surface area contributed by atoms with Gasteiger partial charge in [0, 0.05) is 19.2 Å². The molecule has 0 aromatic heterocycles. The van der Waals surface area contributed by atoms with Gasteiger partial charge >= 0.3 is 0 Å². The van der Waals surface area contributed by atoms with Gasteiger partial charge in [0.05, 0.1) is 29.7 Å². The first kappa shape index (κ1) is 19.9. The van der Waals surface area contributed by atoms with E-state index in [4.69, 9.17) is 11.6 Å². The number of alkyl halides is 2. The zero-order valence-corrected chi connectivity index (χ0v) is 16.4. The predicted octanol–water partition coefficient (Wildman–Crippen LogP) is 4.18. The zero-order valence-electron chi connectivity index (χ0n) is 15.6. The van der Waals surface area contributed by atoms with Gasteiger partial charge in [-0.1, -0.05) is 35.9 Å². The summed E-state index contributed by atoms with van der Waals surface area (Å²) in [6, 6.07) is 9.85. The van der Waals surface area contributed by atoms with Crippen LogP contribution in [0, 0.1) is 0 Å². The Bertz CT molecular complexity index is 928. The molecule has 0 bridgehead atoms. The van der Waals surface area contributed by atoms with E-state index in [2.05, 4.69) is 0 Å². The van der Waals surface area contributed by atoms with Gasteiger partial charge in [0.15, 0.2) is 0 Å². The van der Waals surface area contributed by atoms with E-state index >= 15 is 0 Å². The minimum absolute atomic E-state index is 0.00261. The molecule has 1 atom stereocenters. The lowest BCUT2D eigenvalue weighted by molar-refractivity contribution is -0.133. The van der Waals surface area contributed by atoms with Crippen molar-refractivity contribution in [3.05, 3.63) is 58.1 Å². The van der Waals surface area contributed by atoms with E-state index in [1.807, 2.05) is 24.3 Å². The Kier molecular flexibility index (Phi) is 5.12. The van der Waals surface area contributed by atoms with Crippen LogP contribution in [0.4, 0.5) is 8.78 Å². The molecule has 4 rings (SSSR count). The molecule has 8 heteroatoms. The second-order valence-electron chi connectivity index (χ2n) is 7.72. The molecule has 5 nitrogen and oxygen atoms in total. The van der Waals surface area contributed by atoms with E-state index in [1.54, 1.807) is 9.80 Å². The molecule has 0 saturated carbocycles. The van der Waals surface area contributed by atoms with Gasteiger partial charge in [0.2, 0.25) is 0 Å². The maximum Gasteiger partial charge on any atom is 0.272 e. The number of rotatable bonds is 4.